The van der Waals surface area contributed by atoms with Gasteiger partial charge in [0.1, 0.15) is 22.8 Å². The summed E-state index contributed by atoms with van der Waals surface area (Å²) in [5.41, 5.74) is 3.20. The minimum atomic E-state index is -0.221. The first-order valence-electron chi connectivity index (χ1n) is 9.68. The van der Waals surface area contributed by atoms with Gasteiger partial charge in [0.25, 0.3) is 5.91 Å². The van der Waals surface area contributed by atoms with Gasteiger partial charge in [-0.15, -0.1) is 0 Å². The summed E-state index contributed by atoms with van der Waals surface area (Å²) in [6.45, 7) is 0. The highest BCUT2D eigenvalue weighted by molar-refractivity contribution is 5.93. The zero-order chi connectivity index (χ0) is 20.9. The van der Waals surface area contributed by atoms with Crippen molar-refractivity contribution in [1.29, 1.82) is 0 Å². The first-order valence-corrected chi connectivity index (χ1v) is 9.68. The fourth-order valence-electron chi connectivity index (χ4n) is 3.36. The van der Waals surface area contributed by atoms with Crippen LogP contribution in [-0.4, -0.2) is 29.5 Å². The number of ether oxygens (including phenoxy) is 2. The smallest absolute Gasteiger partial charge is 0.272 e. The standard InChI is InChI=1S/C24H23N3O3/c1-29-19-10-6-17(7-11-19)15-21(18-8-12-20(30-2)13-9-18)26-24(28)22-16-27-14-4-3-5-23(27)25-22/h3-14,16,21H,15H2,1-2H3,(H,26,28)/t21-/m1/s1. The normalized spacial score (nSPS) is 11.8. The van der Waals surface area contributed by atoms with Crippen LogP contribution in [0.15, 0.2) is 79.1 Å². The molecule has 0 fully saturated rings. The number of benzene rings is 2. The first kappa shape index (κ1) is 19.5. The zero-order valence-electron chi connectivity index (χ0n) is 16.9. The van der Waals surface area contributed by atoms with E-state index in [2.05, 4.69) is 10.3 Å². The summed E-state index contributed by atoms with van der Waals surface area (Å²) in [6, 6.07) is 21.0. The summed E-state index contributed by atoms with van der Waals surface area (Å²) in [5, 5.41) is 3.14. The molecule has 30 heavy (non-hydrogen) atoms. The number of rotatable bonds is 7. The largest absolute Gasteiger partial charge is 0.497 e. The SMILES string of the molecule is COc1ccc(C[C@@H](NC(=O)c2cn3ccccc3n2)c2ccc(OC)cc2)cc1. The van der Waals surface area contributed by atoms with Crippen LogP contribution in [0.5, 0.6) is 11.5 Å². The second-order valence-corrected chi connectivity index (χ2v) is 6.94. The second-order valence-electron chi connectivity index (χ2n) is 6.94. The number of fused-ring (bicyclic) bond motifs is 1. The zero-order valence-corrected chi connectivity index (χ0v) is 16.9. The van der Waals surface area contributed by atoms with Crippen LogP contribution in [0.3, 0.4) is 0 Å². The monoisotopic (exact) mass is 401 g/mol. The Morgan fingerprint density at radius 3 is 2.27 bits per heavy atom. The third-order valence-corrected chi connectivity index (χ3v) is 5.02. The number of amides is 1. The summed E-state index contributed by atoms with van der Waals surface area (Å²) in [6.07, 6.45) is 4.25. The van der Waals surface area contributed by atoms with Crippen LogP contribution in [0.2, 0.25) is 0 Å². The van der Waals surface area contributed by atoms with Gasteiger partial charge in [0.15, 0.2) is 0 Å². The Morgan fingerprint density at radius 1 is 0.967 bits per heavy atom. The lowest BCUT2D eigenvalue weighted by atomic mass is 9.98. The Labute approximate surface area is 175 Å². The number of imidazole rings is 1. The maximum atomic E-state index is 13.0. The predicted molar refractivity (Wildman–Crippen MR) is 115 cm³/mol. The average molecular weight is 401 g/mol. The molecule has 6 heteroatoms. The summed E-state index contributed by atoms with van der Waals surface area (Å²) in [4.78, 5) is 17.4. The van der Waals surface area contributed by atoms with Crippen LogP contribution < -0.4 is 14.8 Å². The average Bonchev–Trinajstić information content (AvgIpc) is 3.24. The van der Waals surface area contributed by atoms with Crippen molar-refractivity contribution >= 4 is 11.6 Å². The quantitative estimate of drug-likeness (QED) is 0.507. The van der Waals surface area contributed by atoms with E-state index in [1.54, 1.807) is 20.4 Å². The third-order valence-electron chi connectivity index (χ3n) is 5.02. The first-order chi connectivity index (χ1) is 14.7. The number of nitrogens with zero attached hydrogens (tertiary/aromatic N) is 2. The highest BCUT2D eigenvalue weighted by atomic mass is 16.5. The van der Waals surface area contributed by atoms with Gasteiger partial charge in [-0.2, -0.15) is 0 Å². The molecule has 2 aromatic carbocycles. The van der Waals surface area contributed by atoms with Gasteiger partial charge in [0.2, 0.25) is 0 Å². The Hall–Kier alpha value is -3.80. The lowest BCUT2D eigenvalue weighted by Gasteiger charge is -2.19. The molecule has 0 unspecified atom stereocenters. The van der Waals surface area contributed by atoms with Gasteiger partial charge in [0.05, 0.1) is 20.3 Å². The van der Waals surface area contributed by atoms with Crippen LogP contribution in [0.1, 0.15) is 27.7 Å². The summed E-state index contributed by atoms with van der Waals surface area (Å²) >= 11 is 0. The minimum Gasteiger partial charge on any atom is -0.497 e. The third kappa shape index (κ3) is 4.27. The molecule has 4 aromatic rings. The van der Waals surface area contributed by atoms with Crippen LogP contribution in [-0.2, 0) is 6.42 Å². The van der Waals surface area contributed by atoms with Gasteiger partial charge in [-0.05, 0) is 53.9 Å². The lowest BCUT2D eigenvalue weighted by Crippen LogP contribution is -2.30. The van der Waals surface area contributed by atoms with Crippen LogP contribution in [0.25, 0.3) is 5.65 Å². The molecule has 152 valence electrons. The molecule has 0 aliphatic heterocycles. The van der Waals surface area contributed by atoms with Crippen molar-refractivity contribution < 1.29 is 14.3 Å². The second kappa shape index (κ2) is 8.69. The number of aromatic nitrogens is 2. The fraction of sp³-hybridized carbons (Fsp3) is 0.167. The van der Waals surface area contributed by atoms with E-state index in [-0.39, 0.29) is 11.9 Å². The predicted octanol–water partition coefficient (Wildman–Crippen LogP) is 4.07. The molecule has 1 atom stereocenters. The van der Waals surface area contributed by atoms with Gasteiger partial charge < -0.3 is 19.2 Å². The van der Waals surface area contributed by atoms with Crippen molar-refractivity contribution in [2.45, 2.75) is 12.5 Å². The van der Waals surface area contributed by atoms with Crippen molar-refractivity contribution in [3.05, 3.63) is 95.9 Å². The number of hydrogen-bond acceptors (Lipinski definition) is 4. The molecule has 0 aliphatic carbocycles. The molecule has 0 saturated carbocycles. The van der Waals surface area contributed by atoms with Crippen molar-refractivity contribution in [2.24, 2.45) is 0 Å². The topological polar surface area (TPSA) is 64.9 Å². The molecule has 1 N–H and O–H groups in total. The summed E-state index contributed by atoms with van der Waals surface area (Å²) in [7, 11) is 3.28. The molecule has 6 nitrogen and oxygen atoms in total. The van der Waals surface area contributed by atoms with E-state index in [1.807, 2.05) is 77.3 Å². The van der Waals surface area contributed by atoms with Gasteiger partial charge >= 0.3 is 0 Å². The summed E-state index contributed by atoms with van der Waals surface area (Å²) < 4.78 is 12.3. The van der Waals surface area contributed by atoms with Gasteiger partial charge in [-0.25, -0.2) is 4.98 Å². The number of carbonyl (C=O) groups excluding carboxylic acids is 1. The van der Waals surface area contributed by atoms with Gasteiger partial charge in [-0.3, -0.25) is 4.79 Å². The van der Waals surface area contributed by atoms with Crippen molar-refractivity contribution in [2.75, 3.05) is 14.2 Å². The van der Waals surface area contributed by atoms with Crippen LogP contribution >= 0.6 is 0 Å². The van der Waals surface area contributed by atoms with E-state index in [1.165, 1.54) is 0 Å². The molecule has 0 radical (unpaired) electrons. The van der Waals surface area contributed by atoms with E-state index in [4.69, 9.17) is 9.47 Å². The minimum absolute atomic E-state index is 0.215. The van der Waals surface area contributed by atoms with Crippen molar-refractivity contribution in [3.63, 3.8) is 0 Å². The van der Waals surface area contributed by atoms with Crippen LogP contribution in [0, 0.1) is 0 Å². The maximum Gasteiger partial charge on any atom is 0.272 e. The Bertz CT molecular complexity index is 1100. The maximum absolute atomic E-state index is 13.0. The molecular formula is C24H23N3O3. The van der Waals surface area contributed by atoms with E-state index >= 15 is 0 Å². The molecule has 0 spiro atoms. The van der Waals surface area contributed by atoms with Crippen LogP contribution in [0.4, 0.5) is 0 Å². The Morgan fingerprint density at radius 2 is 1.63 bits per heavy atom. The van der Waals surface area contributed by atoms with E-state index < -0.39 is 0 Å². The highest BCUT2D eigenvalue weighted by Crippen LogP contribution is 2.23. The number of carbonyl (C=O) groups is 1. The molecule has 1 amide bonds. The van der Waals surface area contributed by atoms with E-state index in [0.717, 1.165) is 28.3 Å². The number of nitrogens with one attached hydrogen (secondary N) is 1. The van der Waals surface area contributed by atoms with Crippen molar-refractivity contribution in [3.8, 4) is 11.5 Å². The van der Waals surface area contributed by atoms with Gasteiger partial charge in [-0.1, -0.05) is 30.3 Å². The molecule has 0 aliphatic rings. The summed E-state index contributed by atoms with van der Waals surface area (Å²) in [5.74, 6) is 1.36. The lowest BCUT2D eigenvalue weighted by molar-refractivity contribution is 0.0932. The number of hydrogen-bond donors (Lipinski definition) is 1. The van der Waals surface area contributed by atoms with Gasteiger partial charge in [0, 0.05) is 12.4 Å². The van der Waals surface area contributed by atoms with E-state index in [0.29, 0.717) is 12.1 Å². The van der Waals surface area contributed by atoms with E-state index in [9.17, 15) is 4.79 Å². The Balaban J connectivity index is 1.60. The number of pyridine rings is 1. The highest BCUT2D eigenvalue weighted by Gasteiger charge is 2.19. The molecule has 2 heterocycles. The molecule has 4 rings (SSSR count). The molecular weight excluding hydrogens is 378 g/mol. The fourth-order valence-corrected chi connectivity index (χ4v) is 3.36. The molecule has 2 aromatic heterocycles. The Kier molecular flexibility index (Phi) is 5.66. The molecule has 0 bridgehead atoms. The molecule has 0 saturated heterocycles. The van der Waals surface area contributed by atoms with Crippen molar-refractivity contribution in [1.82, 2.24) is 14.7 Å². The number of methoxy groups -OCH3 is 2.